The lowest BCUT2D eigenvalue weighted by atomic mass is 10.1. The molecule has 1 aromatic heterocycles. The summed E-state index contributed by atoms with van der Waals surface area (Å²) in [5.74, 6) is 0.868. The minimum absolute atomic E-state index is 0.00198. The van der Waals surface area contributed by atoms with Crippen LogP contribution in [0.4, 0.5) is 0 Å². The Kier molecular flexibility index (Phi) is 5.43. The molecule has 0 aliphatic rings. The molecule has 1 N–H and O–H groups in total. The van der Waals surface area contributed by atoms with Crippen LogP contribution in [0.25, 0.3) is 11.0 Å². The number of hydrogen-bond donors (Lipinski definition) is 1. The summed E-state index contributed by atoms with van der Waals surface area (Å²) in [7, 11) is 0. The van der Waals surface area contributed by atoms with Gasteiger partial charge in [-0.2, -0.15) is 0 Å². The SMILES string of the molecule is Cc1cccc(Cn2c(C(C)NC(=O)Cc3ccccc3)nc3ccccc32)c1. The van der Waals surface area contributed by atoms with Crippen LogP contribution in [0.15, 0.2) is 78.9 Å². The van der Waals surface area contributed by atoms with E-state index >= 15 is 0 Å². The van der Waals surface area contributed by atoms with E-state index in [9.17, 15) is 4.79 Å². The van der Waals surface area contributed by atoms with Gasteiger partial charge in [0.05, 0.1) is 23.5 Å². The molecule has 0 radical (unpaired) electrons. The quantitative estimate of drug-likeness (QED) is 0.519. The van der Waals surface area contributed by atoms with Crippen molar-refractivity contribution in [2.75, 3.05) is 0 Å². The van der Waals surface area contributed by atoms with Crippen molar-refractivity contribution in [2.45, 2.75) is 32.9 Å². The number of hydrogen-bond acceptors (Lipinski definition) is 2. The zero-order chi connectivity index (χ0) is 20.2. The monoisotopic (exact) mass is 383 g/mol. The molecular weight excluding hydrogens is 358 g/mol. The second kappa shape index (κ2) is 8.31. The second-order valence-electron chi connectivity index (χ2n) is 7.49. The van der Waals surface area contributed by atoms with E-state index in [1.165, 1.54) is 11.1 Å². The molecular formula is C25H25N3O. The van der Waals surface area contributed by atoms with Crippen molar-refractivity contribution >= 4 is 16.9 Å². The Balaban J connectivity index is 1.61. The smallest absolute Gasteiger partial charge is 0.224 e. The maximum atomic E-state index is 12.6. The lowest BCUT2D eigenvalue weighted by molar-refractivity contribution is -0.121. The number of imidazole rings is 1. The fraction of sp³-hybridized carbons (Fsp3) is 0.200. The number of nitrogens with one attached hydrogen (secondary N) is 1. The van der Waals surface area contributed by atoms with Crippen LogP contribution in [-0.4, -0.2) is 15.5 Å². The molecule has 4 rings (SSSR count). The van der Waals surface area contributed by atoms with Crippen LogP contribution in [0.3, 0.4) is 0 Å². The Bertz CT molecular complexity index is 1130. The van der Waals surface area contributed by atoms with E-state index in [0.717, 1.165) is 29.0 Å². The van der Waals surface area contributed by atoms with Crippen molar-refractivity contribution in [2.24, 2.45) is 0 Å². The fourth-order valence-corrected chi connectivity index (χ4v) is 3.72. The number of fused-ring (bicyclic) bond motifs is 1. The van der Waals surface area contributed by atoms with Crippen LogP contribution in [0.2, 0.25) is 0 Å². The Labute approximate surface area is 171 Å². The fourth-order valence-electron chi connectivity index (χ4n) is 3.72. The highest BCUT2D eigenvalue weighted by atomic mass is 16.1. The summed E-state index contributed by atoms with van der Waals surface area (Å²) in [6.07, 6.45) is 0.364. The van der Waals surface area contributed by atoms with Gasteiger partial charge >= 0.3 is 0 Å². The molecule has 3 aromatic carbocycles. The van der Waals surface area contributed by atoms with Crippen molar-refractivity contribution in [3.63, 3.8) is 0 Å². The number of para-hydroxylation sites is 2. The highest BCUT2D eigenvalue weighted by Crippen LogP contribution is 2.22. The first-order valence-electron chi connectivity index (χ1n) is 9.94. The molecule has 0 saturated carbocycles. The van der Waals surface area contributed by atoms with E-state index in [0.29, 0.717) is 6.42 Å². The first kappa shape index (κ1) is 18.9. The van der Waals surface area contributed by atoms with Crippen LogP contribution in [0.1, 0.15) is 35.5 Å². The zero-order valence-corrected chi connectivity index (χ0v) is 16.8. The lowest BCUT2D eigenvalue weighted by Gasteiger charge is -2.17. The summed E-state index contributed by atoms with van der Waals surface area (Å²) in [4.78, 5) is 17.4. The predicted octanol–water partition coefficient (Wildman–Crippen LogP) is 4.81. The summed E-state index contributed by atoms with van der Waals surface area (Å²) in [5, 5.41) is 3.12. The molecule has 1 atom stereocenters. The number of carbonyl (C=O) groups excluding carboxylic acids is 1. The van der Waals surface area contributed by atoms with E-state index in [4.69, 9.17) is 4.98 Å². The molecule has 0 aliphatic heterocycles. The Hall–Kier alpha value is -3.40. The molecule has 4 heteroatoms. The van der Waals surface area contributed by atoms with Gasteiger partial charge in [-0.15, -0.1) is 0 Å². The Morgan fingerprint density at radius 2 is 1.69 bits per heavy atom. The molecule has 0 bridgehead atoms. The van der Waals surface area contributed by atoms with Crippen molar-refractivity contribution in [1.82, 2.24) is 14.9 Å². The third-order valence-corrected chi connectivity index (χ3v) is 5.08. The summed E-state index contributed by atoms with van der Waals surface area (Å²) >= 11 is 0. The average Bonchev–Trinajstić information content (AvgIpc) is 3.07. The highest BCUT2D eigenvalue weighted by molar-refractivity contribution is 5.79. The first-order chi connectivity index (χ1) is 14.1. The molecule has 4 nitrogen and oxygen atoms in total. The van der Waals surface area contributed by atoms with Crippen molar-refractivity contribution in [3.05, 3.63) is 101 Å². The zero-order valence-electron chi connectivity index (χ0n) is 16.8. The van der Waals surface area contributed by atoms with Crippen LogP contribution in [-0.2, 0) is 17.8 Å². The Morgan fingerprint density at radius 3 is 2.48 bits per heavy atom. The third kappa shape index (κ3) is 4.37. The second-order valence-corrected chi connectivity index (χ2v) is 7.49. The van der Waals surface area contributed by atoms with Crippen molar-refractivity contribution < 1.29 is 4.79 Å². The lowest BCUT2D eigenvalue weighted by Crippen LogP contribution is -2.30. The number of aromatic nitrogens is 2. The highest BCUT2D eigenvalue weighted by Gasteiger charge is 2.18. The number of rotatable bonds is 6. The predicted molar refractivity (Wildman–Crippen MR) is 117 cm³/mol. The Morgan fingerprint density at radius 1 is 0.966 bits per heavy atom. The van der Waals surface area contributed by atoms with Gasteiger partial charge in [-0.3, -0.25) is 4.79 Å². The average molecular weight is 383 g/mol. The molecule has 29 heavy (non-hydrogen) atoms. The summed E-state index contributed by atoms with van der Waals surface area (Å²) in [6, 6.07) is 26.2. The van der Waals surface area contributed by atoms with Gasteiger partial charge in [-0.1, -0.05) is 72.3 Å². The third-order valence-electron chi connectivity index (χ3n) is 5.08. The minimum Gasteiger partial charge on any atom is -0.346 e. The largest absolute Gasteiger partial charge is 0.346 e. The molecule has 146 valence electrons. The molecule has 0 saturated heterocycles. The molecule has 1 amide bonds. The topological polar surface area (TPSA) is 46.9 Å². The maximum Gasteiger partial charge on any atom is 0.224 e. The van der Waals surface area contributed by atoms with Gasteiger partial charge in [0.1, 0.15) is 5.82 Å². The summed E-state index contributed by atoms with van der Waals surface area (Å²) in [6.45, 7) is 4.82. The molecule has 4 aromatic rings. The number of carbonyl (C=O) groups is 1. The van der Waals surface area contributed by atoms with Gasteiger partial charge in [0.15, 0.2) is 0 Å². The molecule has 0 aliphatic carbocycles. The van der Waals surface area contributed by atoms with Crippen LogP contribution in [0.5, 0.6) is 0 Å². The van der Waals surface area contributed by atoms with Gasteiger partial charge in [-0.05, 0) is 37.1 Å². The van der Waals surface area contributed by atoms with Crippen molar-refractivity contribution in [1.29, 1.82) is 0 Å². The number of aryl methyl sites for hydroxylation is 1. The first-order valence-corrected chi connectivity index (χ1v) is 9.94. The van der Waals surface area contributed by atoms with E-state index in [1.54, 1.807) is 0 Å². The van der Waals surface area contributed by atoms with Gasteiger partial charge in [0, 0.05) is 6.54 Å². The number of nitrogens with zero attached hydrogens (tertiary/aromatic N) is 2. The van der Waals surface area contributed by atoms with E-state index < -0.39 is 0 Å². The van der Waals surface area contributed by atoms with Gasteiger partial charge in [-0.25, -0.2) is 4.98 Å². The normalized spacial score (nSPS) is 12.1. The number of amides is 1. The van der Waals surface area contributed by atoms with Gasteiger partial charge in [0.25, 0.3) is 0 Å². The summed E-state index contributed by atoms with van der Waals surface area (Å²) < 4.78 is 2.21. The van der Waals surface area contributed by atoms with Gasteiger partial charge in [0.2, 0.25) is 5.91 Å². The summed E-state index contributed by atoms with van der Waals surface area (Å²) in [5.41, 5.74) is 5.48. The molecule has 0 fully saturated rings. The number of benzene rings is 3. The molecule has 1 unspecified atom stereocenters. The minimum atomic E-state index is -0.191. The van der Waals surface area contributed by atoms with E-state index in [-0.39, 0.29) is 11.9 Å². The van der Waals surface area contributed by atoms with E-state index in [2.05, 4.69) is 47.1 Å². The van der Waals surface area contributed by atoms with Crippen LogP contribution in [0, 0.1) is 6.92 Å². The standard InChI is InChI=1S/C25H25N3O/c1-18-9-8-12-21(15-18)17-28-23-14-7-6-13-22(23)27-25(28)19(2)26-24(29)16-20-10-4-3-5-11-20/h3-15,19H,16-17H2,1-2H3,(H,26,29). The van der Waals surface area contributed by atoms with Crippen molar-refractivity contribution in [3.8, 4) is 0 Å². The van der Waals surface area contributed by atoms with E-state index in [1.807, 2.05) is 55.5 Å². The van der Waals surface area contributed by atoms with Crippen LogP contribution >= 0.6 is 0 Å². The molecule has 0 spiro atoms. The molecule has 1 heterocycles. The van der Waals surface area contributed by atoms with Gasteiger partial charge < -0.3 is 9.88 Å². The van der Waals surface area contributed by atoms with Crippen LogP contribution < -0.4 is 5.32 Å². The maximum absolute atomic E-state index is 12.6.